The van der Waals surface area contributed by atoms with Crippen molar-refractivity contribution in [1.82, 2.24) is 4.98 Å². The highest BCUT2D eigenvalue weighted by Gasteiger charge is 2.47. The Morgan fingerprint density at radius 2 is 2.07 bits per heavy atom. The van der Waals surface area contributed by atoms with Gasteiger partial charge in [-0.1, -0.05) is 12.1 Å². The highest BCUT2D eigenvalue weighted by atomic mass is 16.7. The molecular formula is C19H23N5O3. The molecule has 0 amide bonds. The van der Waals surface area contributed by atoms with Crippen LogP contribution in [0.1, 0.15) is 12.0 Å². The smallest absolute Gasteiger partial charge is 0.193 e. The molecule has 27 heavy (non-hydrogen) atoms. The minimum Gasteiger partial charge on any atom is -0.398 e. The van der Waals surface area contributed by atoms with E-state index in [9.17, 15) is 0 Å². The molecule has 0 radical (unpaired) electrons. The van der Waals surface area contributed by atoms with Crippen LogP contribution in [-0.4, -0.2) is 49.5 Å². The first-order valence-corrected chi connectivity index (χ1v) is 8.90. The van der Waals surface area contributed by atoms with Gasteiger partial charge in [0, 0.05) is 35.5 Å². The molecule has 2 fully saturated rings. The maximum Gasteiger partial charge on any atom is 0.193 e. The van der Waals surface area contributed by atoms with Gasteiger partial charge in [0.2, 0.25) is 0 Å². The summed E-state index contributed by atoms with van der Waals surface area (Å²) in [5.41, 5.74) is 14.9. The van der Waals surface area contributed by atoms with E-state index in [4.69, 9.17) is 31.1 Å². The third-order valence-electron chi connectivity index (χ3n) is 4.94. The van der Waals surface area contributed by atoms with Crippen LogP contribution in [0, 0.1) is 5.41 Å². The molecule has 8 heteroatoms. The summed E-state index contributed by atoms with van der Waals surface area (Å²) < 4.78 is 17.5. The summed E-state index contributed by atoms with van der Waals surface area (Å²) >= 11 is 0. The molecule has 1 spiro atoms. The zero-order chi connectivity index (χ0) is 18.9. The molecule has 0 aliphatic carbocycles. The number of hydrogen-bond donors (Lipinski definition) is 4. The molecule has 142 valence electrons. The SMILES string of the molecule is N=C/C=C(\N)c1ccc2c(NC3COCCC34OCCO4)cc(N)nc2c1. The molecule has 4 rings (SSSR count). The van der Waals surface area contributed by atoms with Crippen LogP contribution < -0.4 is 16.8 Å². The summed E-state index contributed by atoms with van der Waals surface area (Å²) in [4.78, 5) is 4.43. The number of allylic oxidation sites excluding steroid dienone is 1. The predicted molar refractivity (Wildman–Crippen MR) is 105 cm³/mol. The quantitative estimate of drug-likeness (QED) is 0.604. The van der Waals surface area contributed by atoms with Crippen molar-refractivity contribution < 1.29 is 14.2 Å². The molecule has 2 saturated heterocycles. The van der Waals surface area contributed by atoms with Gasteiger partial charge < -0.3 is 36.4 Å². The molecule has 1 aromatic carbocycles. The van der Waals surface area contributed by atoms with Crippen LogP contribution in [0.5, 0.6) is 0 Å². The second kappa shape index (κ2) is 7.15. The van der Waals surface area contributed by atoms with E-state index < -0.39 is 5.79 Å². The Bertz CT molecular complexity index is 892. The van der Waals surface area contributed by atoms with Crippen molar-refractivity contribution in [3.63, 3.8) is 0 Å². The lowest BCUT2D eigenvalue weighted by Gasteiger charge is -2.40. The second-order valence-electron chi connectivity index (χ2n) is 6.65. The topological polar surface area (TPSA) is 128 Å². The number of fused-ring (bicyclic) bond motifs is 1. The van der Waals surface area contributed by atoms with Crippen molar-refractivity contribution in [1.29, 1.82) is 5.41 Å². The number of anilines is 2. The third kappa shape index (κ3) is 3.34. The average molecular weight is 369 g/mol. The van der Waals surface area contributed by atoms with Gasteiger partial charge in [-0.05, 0) is 17.7 Å². The number of nitrogens with one attached hydrogen (secondary N) is 2. The summed E-state index contributed by atoms with van der Waals surface area (Å²) in [6.07, 6.45) is 3.37. The van der Waals surface area contributed by atoms with Gasteiger partial charge in [-0.15, -0.1) is 0 Å². The minimum atomic E-state index is -0.667. The highest BCUT2D eigenvalue weighted by molar-refractivity contribution is 5.95. The van der Waals surface area contributed by atoms with Crippen LogP contribution in [0.2, 0.25) is 0 Å². The van der Waals surface area contributed by atoms with E-state index in [1.54, 1.807) is 6.07 Å². The number of nitrogen functional groups attached to an aromatic ring is 1. The van der Waals surface area contributed by atoms with Gasteiger partial charge in [0.25, 0.3) is 0 Å². The Hall–Kier alpha value is -2.68. The molecule has 1 atom stereocenters. The molecule has 2 aliphatic rings. The van der Waals surface area contributed by atoms with Crippen molar-refractivity contribution in [3.8, 4) is 0 Å². The van der Waals surface area contributed by atoms with Gasteiger partial charge in [0.15, 0.2) is 5.79 Å². The summed E-state index contributed by atoms with van der Waals surface area (Å²) in [6.45, 7) is 2.26. The van der Waals surface area contributed by atoms with Crippen molar-refractivity contribution in [2.24, 2.45) is 5.73 Å². The van der Waals surface area contributed by atoms with Crippen LogP contribution in [0.25, 0.3) is 16.6 Å². The van der Waals surface area contributed by atoms with Gasteiger partial charge in [0.05, 0.1) is 31.9 Å². The lowest BCUT2D eigenvalue weighted by atomic mass is 10.0. The number of hydrogen-bond acceptors (Lipinski definition) is 8. The number of ether oxygens (including phenoxy) is 3. The number of rotatable bonds is 4. The first-order valence-electron chi connectivity index (χ1n) is 8.90. The molecule has 3 heterocycles. The monoisotopic (exact) mass is 369 g/mol. The van der Waals surface area contributed by atoms with Crippen LogP contribution in [0.4, 0.5) is 11.5 Å². The maximum absolute atomic E-state index is 7.17. The number of benzene rings is 1. The molecule has 8 nitrogen and oxygen atoms in total. The fourth-order valence-corrected chi connectivity index (χ4v) is 3.61. The van der Waals surface area contributed by atoms with E-state index in [1.807, 2.05) is 18.2 Å². The molecule has 6 N–H and O–H groups in total. The van der Waals surface area contributed by atoms with Crippen molar-refractivity contribution in [3.05, 3.63) is 35.9 Å². The van der Waals surface area contributed by atoms with Gasteiger partial charge in [0.1, 0.15) is 11.9 Å². The van der Waals surface area contributed by atoms with Crippen LogP contribution in [0.3, 0.4) is 0 Å². The van der Waals surface area contributed by atoms with Crippen LogP contribution in [-0.2, 0) is 14.2 Å². The van der Waals surface area contributed by atoms with E-state index >= 15 is 0 Å². The normalized spacial score (nSPS) is 22.2. The van der Waals surface area contributed by atoms with Crippen LogP contribution in [0.15, 0.2) is 30.3 Å². The average Bonchev–Trinajstić information content (AvgIpc) is 3.12. The van der Waals surface area contributed by atoms with E-state index in [0.717, 1.165) is 28.4 Å². The molecule has 0 saturated carbocycles. The van der Waals surface area contributed by atoms with E-state index in [2.05, 4.69) is 10.3 Å². The first kappa shape index (κ1) is 17.7. The summed E-state index contributed by atoms with van der Waals surface area (Å²) in [6, 6.07) is 7.35. The Morgan fingerprint density at radius 1 is 1.26 bits per heavy atom. The first-order chi connectivity index (χ1) is 13.1. The fourth-order valence-electron chi connectivity index (χ4n) is 3.61. The third-order valence-corrected chi connectivity index (χ3v) is 4.94. The Morgan fingerprint density at radius 3 is 2.85 bits per heavy atom. The summed E-state index contributed by atoms with van der Waals surface area (Å²) in [7, 11) is 0. The number of aromatic nitrogens is 1. The number of nitrogens with zero attached hydrogens (tertiary/aromatic N) is 1. The summed E-state index contributed by atoms with van der Waals surface area (Å²) in [5.74, 6) is -0.268. The van der Waals surface area contributed by atoms with Crippen molar-refractivity contribution in [2.45, 2.75) is 18.2 Å². The largest absolute Gasteiger partial charge is 0.398 e. The highest BCUT2D eigenvalue weighted by Crippen LogP contribution is 2.35. The second-order valence-corrected chi connectivity index (χ2v) is 6.65. The zero-order valence-electron chi connectivity index (χ0n) is 14.9. The Kier molecular flexibility index (Phi) is 4.69. The van der Waals surface area contributed by atoms with Crippen LogP contribution >= 0.6 is 0 Å². The maximum atomic E-state index is 7.17. The Balaban J connectivity index is 1.71. The Labute approximate surface area is 157 Å². The van der Waals surface area contributed by atoms with Gasteiger partial charge >= 0.3 is 0 Å². The van der Waals surface area contributed by atoms with Crippen molar-refractivity contribution in [2.75, 3.05) is 37.5 Å². The lowest BCUT2D eigenvalue weighted by molar-refractivity contribution is -0.209. The minimum absolute atomic E-state index is 0.152. The molecule has 1 unspecified atom stereocenters. The van der Waals surface area contributed by atoms with E-state index in [0.29, 0.717) is 44.4 Å². The number of pyridine rings is 1. The van der Waals surface area contributed by atoms with E-state index in [1.165, 1.54) is 6.08 Å². The van der Waals surface area contributed by atoms with Gasteiger partial charge in [-0.25, -0.2) is 4.98 Å². The lowest BCUT2D eigenvalue weighted by Crippen LogP contribution is -2.54. The zero-order valence-corrected chi connectivity index (χ0v) is 14.9. The van der Waals surface area contributed by atoms with Crippen molar-refractivity contribution >= 4 is 34.3 Å². The molecule has 1 aromatic heterocycles. The van der Waals surface area contributed by atoms with Gasteiger partial charge in [-0.2, -0.15) is 0 Å². The fraction of sp³-hybridized carbons (Fsp3) is 0.368. The predicted octanol–water partition coefficient (Wildman–Crippen LogP) is 1.71. The summed E-state index contributed by atoms with van der Waals surface area (Å²) in [5, 5.41) is 11.6. The molecule has 0 bridgehead atoms. The molecular weight excluding hydrogens is 346 g/mol. The standard InChI is InChI=1S/C19H23N5O3/c20-5-3-14(21)12-1-2-13-15(9-12)24-18(22)10-16(13)23-17-11-25-6-4-19(17)26-7-8-27-19/h1-3,5,9-10,17,20H,4,6-8,11,21H2,(H3,22,23,24)/b14-3-,20-5?. The van der Waals surface area contributed by atoms with E-state index in [-0.39, 0.29) is 6.04 Å². The molecule has 2 aromatic rings. The molecule has 2 aliphatic heterocycles. The van der Waals surface area contributed by atoms with Gasteiger partial charge in [-0.3, -0.25) is 0 Å². The number of nitrogens with two attached hydrogens (primary N) is 2.